The van der Waals surface area contributed by atoms with Crippen LogP contribution in [0.1, 0.15) is 19.5 Å². The van der Waals surface area contributed by atoms with Crippen LogP contribution >= 0.6 is 11.3 Å². The second-order valence-electron chi connectivity index (χ2n) is 5.29. The van der Waals surface area contributed by atoms with Crippen molar-refractivity contribution in [2.75, 3.05) is 17.3 Å². The molecule has 1 N–H and O–H groups in total. The molecule has 2 heterocycles. The van der Waals surface area contributed by atoms with Crippen LogP contribution in [0.3, 0.4) is 0 Å². The molecule has 2 aromatic heterocycles. The summed E-state index contributed by atoms with van der Waals surface area (Å²) in [6.45, 7) is 3.47. The summed E-state index contributed by atoms with van der Waals surface area (Å²) in [5, 5.41) is 7.99. The summed E-state index contributed by atoms with van der Waals surface area (Å²) >= 11 is 1.32. The fraction of sp³-hybridized carbons (Fsp3) is 0.250. The number of amides is 1. The summed E-state index contributed by atoms with van der Waals surface area (Å²) in [6.07, 6.45) is 0.706. The first-order valence-electron chi connectivity index (χ1n) is 7.49. The van der Waals surface area contributed by atoms with Gasteiger partial charge in [-0.05, 0) is 30.7 Å². The van der Waals surface area contributed by atoms with Crippen LogP contribution in [0, 0.1) is 0 Å². The van der Waals surface area contributed by atoms with Gasteiger partial charge in [-0.25, -0.2) is 4.98 Å². The van der Waals surface area contributed by atoms with E-state index in [4.69, 9.17) is 0 Å². The van der Waals surface area contributed by atoms with E-state index in [9.17, 15) is 9.59 Å². The number of carbonyl (C=O) groups excluding carboxylic acids is 1. The lowest BCUT2D eigenvalue weighted by molar-refractivity contribution is -0.116. The maximum absolute atomic E-state index is 12.0. The smallest absolute Gasteiger partial charge is 0.275 e. The molecule has 1 aromatic carbocycles. The van der Waals surface area contributed by atoms with Crippen LogP contribution in [-0.4, -0.2) is 27.6 Å². The Morgan fingerprint density at radius 2 is 2.04 bits per heavy atom. The highest BCUT2D eigenvalue weighted by atomic mass is 32.1. The van der Waals surface area contributed by atoms with E-state index in [2.05, 4.69) is 15.4 Å². The Balaban J connectivity index is 1.86. The van der Waals surface area contributed by atoms with Gasteiger partial charge in [-0.2, -0.15) is 4.52 Å². The number of nitrogens with zero attached hydrogens (tertiary/aromatic N) is 4. The number of nitrogens with one attached hydrogen (secondary N) is 1. The minimum Gasteiger partial charge on any atom is -0.330 e. The van der Waals surface area contributed by atoms with E-state index in [1.807, 2.05) is 31.2 Å². The highest BCUT2D eigenvalue weighted by molar-refractivity contribution is 7.20. The Morgan fingerprint density at radius 3 is 2.67 bits per heavy atom. The van der Waals surface area contributed by atoms with E-state index in [-0.39, 0.29) is 11.5 Å². The number of anilines is 3. The highest BCUT2D eigenvalue weighted by Crippen LogP contribution is 2.23. The van der Waals surface area contributed by atoms with E-state index < -0.39 is 0 Å². The van der Waals surface area contributed by atoms with Crippen molar-refractivity contribution >= 4 is 38.7 Å². The molecule has 0 aliphatic carbocycles. The minimum absolute atomic E-state index is 0.0286. The Hall–Kier alpha value is -2.74. The summed E-state index contributed by atoms with van der Waals surface area (Å²) in [6, 6.07) is 8.90. The average molecular weight is 343 g/mol. The molecule has 0 bridgehead atoms. The standard InChI is InChI=1S/C16H17N5O2S/c1-4-11-9-14(23)21-16(18-11)24-15(19-21)17-12-5-7-13(8-6-12)20(3)10(2)22/h5-9H,4H2,1-3H3,(H,17,19). The topological polar surface area (TPSA) is 79.6 Å². The summed E-state index contributed by atoms with van der Waals surface area (Å²) in [5.74, 6) is -0.0286. The van der Waals surface area contributed by atoms with Crippen LogP contribution in [0.5, 0.6) is 0 Å². The lowest BCUT2D eigenvalue weighted by Gasteiger charge is -2.15. The van der Waals surface area contributed by atoms with Crippen LogP contribution in [0.25, 0.3) is 4.96 Å². The molecule has 7 nitrogen and oxygen atoms in total. The average Bonchev–Trinajstić information content (AvgIpc) is 2.97. The number of aromatic nitrogens is 3. The monoisotopic (exact) mass is 343 g/mol. The summed E-state index contributed by atoms with van der Waals surface area (Å²) in [7, 11) is 1.72. The molecule has 3 rings (SSSR count). The highest BCUT2D eigenvalue weighted by Gasteiger charge is 2.09. The van der Waals surface area contributed by atoms with Gasteiger partial charge in [-0.15, -0.1) is 5.10 Å². The maximum Gasteiger partial charge on any atom is 0.275 e. The summed E-state index contributed by atoms with van der Waals surface area (Å²) in [5.41, 5.74) is 2.20. The molecular formula is C16H17N5O2S. The van der Waals surface area contributed by atoms with Gasteiger partial charge in [0.2, 0.25) is 16.0 Å². The first-order chi connectivity index (χ1) is 11.5. The van der Waals surface area contributed by atoms with Crippen molar-refractivity contribution in [2.24, 2.45) is 0 Å². The molecule has 0 radical (unpaired) electrons. The number of hydrogen-bond acceptors (Lipinski definition) is 6. The molecule has 0 fully saturated rings. The molecule has 124 valence electrons. The zero-order valence-corrected chi connectivity index (χ0v) is 14.4. The molecule has 0 saturated heterocycles. The van der Waals surface area contributed by atoms with E-state index in [0.29, 0.717) is 16.5 Å². The number of aryl methyl sites for hydroxylation is 1. The quantitative estimate of drug-likeness (QED) is 0.787. The molecule has 0 aliphatic heterocycles. The van der Waals surface area contributed by atoms with Crippen molar-refractivity contribution in [2.45, 2.75) is 20.3 Å². The summed E-state index contributed by atoms with van der Waals surface area (Å²) < 4.78 is 1.30. The van der Waals surface area contributed by atoms with Crippen molar-refractivity contribution in [1.29, 1.82) is 0 Å². The van der Waals surface area contributed by atoms with Crippen molar-refractivity contribution in [3.63, 3.8) is 0 Å². The van der Waals surface area contributed by atoms with Gasteiger partial charge >= 0.3 is 0 Å². The molecule has 1 amide bonds. The second-order valence-corrected chi connectivity index (χ2v) is 6.25. The Morgan fingerprint density at radius 1 is 1.33 bits per heavy atom. The molecule has 8 heteroatoms. The fourth-order valence-electron chi connectivity index (χ4n) is 2.16. The lowest BCUT2D eigenvalue weighted by atomic mass is 10.2. The Kier molecular flexibility index (Phi) is 4.30. The van der Waals surface area contributed by atoms with E-state index in [0.717, 1.165) is 17.1 Å². The molecule has 0 unspecified atom stereocenters. The van der Waals surface area contributed by atoms with Crippen LogP contribution in [0.4, 0.5) is 16.5 Å². The molecule has 0 spiro atoms. The van der Waals surface area contributed by atoms with Gasteiger partial charge in [0, 0.05) is 37.1 Å². The number of hydrogen-bond donors (Lipinski definition) is 1. The first-order valence-corrected chi connectivity index (χ1v) is 8.30. The third-order valence-electron chi connectivity index (χ3n) is 3.64. The zero-order chi connectivity index (χ0) is 17.3. The lowest BCUT2D eigenvalue weighted by Crippen LogP contribution is -2.22. The Bertz CT molecular complexity index is 945. The second kappa shape index (κ2) is 6.40. The van der Waals surface area contributed by atoms with Gasteiger partial charge in [-0.3, -0.25) is 9.59 Å². The molecule has 0 atom stereocenters. The molecular weight excluding hydrogens is 326 g/mol. The number of carbonyl (C=O) groups is 1. The van der Waals surface area contributed by atoms with Gasteiger partial charge in [0.15, 0.2) is 0 Å². The van der Waals surface area contributed by atoms with Crippen LogP contribution in [-0.2, 0) is 11.2 Å². The van der Waals surface area contributed by atoms with Gasteiger partial charge < -0.3 is 10.2 Å². The number of benzene rings is 1. The van der Waals surface area contributed by atoms with Crippen LogP contribution in [0.15, 0.2) is 35.1 Å². The van der Waals surface area contributed by atoms with Crippen molar-refractivity contribution in [3.8, 4) is 0 Å². The van der Waals surface area contributed by atoms with Gasteiger partial charge in [-0.1, -0.05) is 18.3 Å². The molecule has 3 aromatic rings. The molecule has 24 heavy (non-hydrogen) atoms. The molecule has 0 aliphatic rings. The predicted molar refractivity (Wildman–Crippen MR) is 95.3 cm³/mol. The summed E-state index contributed by atoms with van der Waals surface area (Å²) in [4.78, 5) is 29.9. The van der Waals surface area contributed by atoms with E-state index >= 15 is 0 Å². The zero-order valence-electron chi connectivity index (χ0n) is 13.6. The molecule has 0 saturated carbocycles. The first kappa shape index (κ1) is 16.1. The van der Waals surface area contributed by atoms with E-state index in [1.54, 1.807) is 11.9 Å². The third-order valence-corrected chi connectivity index (χ3v) is 4.46. The largest absolute Gasteiger partial charge is 0.330 e. The SMILES string of the molecule is CCc1cc(=O)n2nc(Nc3ccc(N(C)C(C)=O)cc3)sc2n1. The third kappa shape index (κ3) is 3.13. The van der Waals surface area contributed by atoms with Crippen molar-refractivity contribution in [3.05, 3.63) is 46.4 Å². The van der Waals surface area contributed by atoms with Gasteiger partial charge in [0.25, 0.3) is 5.56 Å². The van der Waals surface area contributed by atoms with Crippen LogP contribution in [0.2, 0.25) is 0 Å². The van der Waals surface area contributed by atoms with Gasteiger partial charge in [0.05, 0.1) is 0 Å². The van der Waals surface area contributed by atoms with Crippen molar-refractivity contribution < 1.29 is 4.79 Å². The maximum atomic E-state index is 12.0. The number of fused-ring (bicyclic) bond motifs is 1. The Labute approximate surface area is 142 Å². The van der Waals surface area contributed by atoms with E-state index in [1.165, 1.54) is 28.8 Å². The van der Waals surface area contributed by atoms with Crippen LogP contribution < -0.4 is 15.8 Å². The van der Waals surface area contributed by atoms with Gasteiger partial charge in [0.1, 0.15) is 0 Å². The number of rotatable bonds is 4. The predicted octanol–water partition coefficient (Wildman–Crippen LogP) is 2.44. The fourth-order valence-corrected chi connectivity index (χ4v) is 3.01. The minimum atomic E-state index is -0.181. The normalized spacial score (nSPS) is 10.8. The van der Waals surface area contributed by atoms with Crippen molar-refractivity contribution in [1.82, 2.24) is 14.6 Å².